The maximum absolute atomic E-state index is 13.3. The fraction of sp³-hybridized carbons (Fsp3) is 0.118. The van der Waals surface area contributed by atoms with Crippen molar-refractivity contribution in [1.29, 1.82) is 0 Å². The molecule has 0 spiro atoms. The molecule has 128 valence electrons. The molecular weight excluding hydrogens is 333 g/mol. The van der Waals surface area contributed by atoms with Gasteiger partial charge in [0.05, 0.1) is 22.5 Å². The summed E-state index contributed by atoms with van der Waals surface area (Å²) in [4.78, 5) is 16.1. The normalized spacial score (nSPS) is 11.4. The maximum Gasteiger partial charge on any atom is 0.418 e. The van der Waals surface area contributed by atoms with E-state index in [0.29, 0.717) is 5.69 Å². The van der Waals surface area contributed by atoms with Gasteiger partial charge in [0, 0.05) is 18.5 Å². The van der Waals surface area contributed by atoms with Crippen LogP contribution < -0.4 is 5.32 Å². The molecule has 1 N–H and O–H groups in total. The van der Waals surface area contributed by atoms with E-state index in [1.54, 1.807) is 19.1 Å². The quantitative estimate of drug-likeness (QED) is 0.784. The zero-order valence-electron chi connectivity index (χ0n) is 13.1. The van der Waals surface area contributed by atoms with Crippen molar-refractivity contribution in [2.24, 2.45) is 0 Å². The molecule has 0 saturated heterocycles. The second kappa shape index (κ2) is 6.39. The number of pyridine rings is 1. The van der Waals surface area contributed by atoms with Crippen LogP contribution in [-0.2, 0) is 6.18 Å². The van der Waals surface area contributed by atoms with Gasteiger partial charge in [0.2, 0.25) is 0 Å². The van der Waals surface area contributed by atoms with Crippen LogP contribution in [0.15, 0.2) is 54.9 Å². The van der Waals surface area contributed by atoms with E-state index < -0.39 is 17.6 Å². The molecule has 25 heavy (non-hydrogen) atoms. The van der Waals surface area contributed by atoms with Gasteiger partial charge in [-0.1, -0.05) is 12.1 Å². The molecule has 0 unspecified atom stereocenters. The fourth-order valence-corrected chi connectivity index (χ4v) is 2.36. The fourth-order valence-electron chi connectivity index (χ4n) is 2.36. The lowest BCUT2D eigenvalue weighted by Gasteiger charge is -2.15. The third-order valence-electron chi connectivity index (χ3n) is 3.43. The number of nitrogens with one attached hydrogen (secondary N) is 1. The van der Waals surface area contributed by atoms with Crippen molar-refractivity contribution < 1.29 is 18.0 Å². The van der Waals surface area contributed by atoms with Gasteiger partial charge in [-0.05, 0) is 31.2 Å². The van der Waals surface area contributed by atoms with E-state index in [9.17, 15) is 18.0 Å². The first-order valence-corrected chi connectivity index (χ1v) is 7.31. The van der Waals surface area contributed by atoms with E-state index in [0.717, 1.165) is 10.7 Å². The summed E-state index contributed by atoms with van der Waals surface area (Å²) in [6.07, 6.45) is -1.65. The lowest BCUT2D eigenvalue weighted by atomic mass is 10.1. The molecule has 0 bridgehead atoms. The van der Waals surface area contributed by atoms with E-state index in [-0.39, 0.29) is 17.1 Å². The average Bonchev–Trinajstić information content (AvgIpc) is 2.95. The number of carbonyl (C=O) groups excluding carboxylic acids is 1. The molecule has 0 saturated carbocycles. The molecule has 0 aliphatic heterocycles. The van der Waals surface area contributed by atoms with Crippen molar-refractivity contribution in [3.63, 3.8) is 0 Å². The number of halogens is 3. The number of alkyl halides is 3. The van der Waals surface area contributed by atoms with Gasteiger partial charge in [-0.2, -0.15) is 18.3 Å². The Labute approximate surface area is 141 Å². The second-order valence-electron chi connectivity index (χ2n) is 5.29. The van der Waals surface area contributed by atoms with Crippen LogP contribution in [0.5, 0.6) is 0 Å². The molecule has 0 atom stereocenters. The van der Waals surface area contributed by atoms with Gasteiger partial charge in [-0.15, -0.1) is 0 Å². The summed E-state index contributed by atoms with van der Waals surface area (Å²) in [6.45, 7) is 1.63. The first kappa shape index (κ1) is 16.7. The van der Waals surface area contributed by atoms with Crippen LogP contribution in [-0.4, -0.2) is 20.7 Å². The molecule has 3 aromatic rings. The average molecular weight is 346 g/mol. The van der Waals surface area contributed by atoms with Gasteiger partial charge in [0.15, 0.2) is 0 Å². The summed E-state index contributed by atoms with van der Waals surface area (Å²) in [5.74, 6) is -0.346. The lowest BCUT2D eigenvalue weighted by Crippen LogP contribution is -2.17. The summed E-state index contributed by atoms with van der Waals surface area (Å²) in [6, 6.07) is 9.70. The monoisotopic (exact) mass is 346 g/mol. The van der Waals surface area contributed by atoms with Gasteiger partial charge < -0.3 is 5.32 Å². The molecule has 2 heterocycles. The Kier molecular flexibility index (Phi) is 4.26. The van der Waals surface area contributed by atoms with Gasteiger partial charge >= 0.3 is 6.18 Å². The highest BCUT2D eigenvalue weighted by Gasteiger charge is 2.34. The smallest absolute Gasteiger partial charge is 0.306 e. The minimum absolute atomic E-state index is 0.142. The molecule has 3 rings (SSSR count). The highest BCUT2D eigenvalue weighted by atomic mass is 19.4. The number of anilines is 1. The van der Waals surface area contributed by atoms with E-state index in [4.69, 9.17) is 0 Å². The van der Waals surface area contributed by atoms with Crippen molar-refractivity contribution in [2.45, 2.75) is 13.1 Å². The number of nitrogens with zero attached hydrogens (tertiary/aromatic N) is 3. The molecule has 2 aromatic heterocycles. The summed E-state index contributed by atoms with van der Waals surface area (Å²) < 4.78 is 40.9. The summed E-state index contributed by atoms with van der Waals surface area (Å²) in [7, 11) is 0. The number of aryl methyl sites for hydroxylation is 1. The van der Waals surface area contributed by atoms with E-state index in [2.05, 4.69) is 15.4 Å². The Morgan fingerprint density at radius 1 is 1.16 bits per heavy atom. The highest BCUT2D eigenvalue weighted by molar-refractivity contribution is 6.03. The van der Waals surface area contributed by atoms with Gasteiger partial charge in [-0.25, -0.2) is 4.68 Å². The Hall–Kier alpha value is -3.16. The third-order valence-corrected chi connectivity index (χ3v) is 3.43. The number of carbonyl (C=O) groups is 1. The van der Waals surface area contributed by atoms with Gasteiger partial charge in [0.1, 0.15) is 5.82 Å². The third kappa shape index (κ3) is 3.52. The Morgan fingerprint density at radius 3 is 2.60 bits per heavy atom. The van der Waals surface area contributed by atoms with Crippen molar-refractivity contribution in [2.75, 3.05) is 5.32 Å². The largest absolute Gasteiger partial charge is 0.418 e. The molecule has 1 aromatic carbocycles. The standard InChI is InChI=1S/C17H13F3N4O/c1-11-9-15(22-16(25)12-5-4-8-21-10-12)24(23-11)14-7-3-2-6-13(14)17(18,19)20/h2-10H,1H3,(H,22,25). The van der Waals surface area contributed by atoms with Crippen LogP contribution >= 0.6 is 0 Å². The van der Waals surface area contributed by atoms with Crippen LogP contribution in [0.25, 0.3) is 5.69 Å². The predicted octanol–water partition coefficient (Wildman–Crippen LogP) is 3.85. The number of hydrogen-bond acceptors (Lipinski definition) is 3. The molecule has 0 radical (unpaired) electrons. The van der Waals surface area contributed by atoms with Crippen molar-refractivity contribution in [3.8, 4) is 5.69 Å². The van der Waals surface area contributed by atoms with Crippen LogP contribution in [0, 0.1) is 6.92 Å². The number of benzene rings is 1. The summed E-state index contributed by atoms with van der Waals surface area (Å²) in [5, 5.41) is 6.67. The number of aromatic nitrogens is 3. The second-order valence-corrected chi connectivity index (χ2v) is 5.29. The predicted molar refractivity (Wildman–Crippen MR) is 85.5 cm³/mol. The van der Waals surface area contributed by atoms with Crippen LogP contribution in [0.3, 0.4) is 0 Å². The van der Waals surface area contributed by atoms with Crippen LogP contribution in [0.1, 0.15) is 21.6 Å². The Bertz CT molecular complexity index is 904. The number of rotatable bonds is 3. The van der Waals surface area contributed by atoms with Crippen molar-refractivity contribution in [3.05, 3.63) is 71.7 Å². The minimum Gasteiger partial charge on any atom is -0.306 e. The molecule has 0 fully saturated rings. The summed E-state index contributed by atoms with van der Waals surface area (Å²) in [5.41, 5.74) is -0.241. The van der Waals surface area contributed by atoms with E-state index in [1.807, 2.05) is 0 Å². The first-order chi connectivity index (χ1) is 11.9. The maximum atomic E-state index is 13.3. The Morgan fingerprint density at radius 2 is 1.92 bits per heavy atom. The minimum atomic E-state index is -4.54. The number of para-hydroxylation sites is 1. The van der Waals surface area contributed by atoms with Crippen LogP contribution in [0.2, 0.25) is 0 Å². The van der Waals surface area contributed by atoms with Gasteiger partial charge in [-0.3, -0.25) is 9.78 Å². The zero-order valence-corrected chi connectivity index (χ0v) is 13.1. The SMILES string of the molecule is Cc1cc(NC(=O)c2cccnc2)n(-c2ccccc2C(F)(F)F)n1. The van der Waals surface area contributed by atoms with Crippen molar-refractivity contribution in [1.82, 2.24) is 14.8 Å². The molecule has 0 aliphatic rings. The molecule has 1 amide bonds. The number of amides is 1. The van der Waals surface area contributed by atoms with Crippen molar-refractivity contribution >= 4 is 11.7 Å². The van der Waals surface area contributed by atoms with Crippen LogP contribution in [0.4, 0.5) is 19.0 Å². The molecule has 0 aliphatic carbocycles. The first-order valence-electron chi connectivity index (χ1n) is 7.31. The highest BCUT2D eigenvalue weighted by Crippen LogP contribution is 2.34. The molecule has 5 nitrogen and oxygen atoms in total. The summed E-state index contributed by atoms with van der Waals surface area (Å²) >= 11 is 0. The van der Waals surface area contributed by atoms with Gasteiger partial charge in [0.25, 0.3) is 5.91 Å². The molecular formula is C17H13F3N4O. The zero-order chi connectivity index (χ0) is 18.0. The lowest BCUT2D eigenvalue weighted by molar-refractivity contribution is -0.137. The topological polar surface area (TPSA) is 59.8 Å². The van der Waals surface area contributed by atoms with E-state index in [1.165, 1.54) is 36.7 Å². The van der Waals surface area contributed by atoms with E-state index >= 15 is 0 Å². The number of hydrogen-bond donors (Lipinski definition) is 1. The molecule has 8 heteroatoms. The Balaban J connectivity index is 2.02.